The van der Waals surface area contributed by atoms with Crippen LogP contribution in [0.2, 0.25) is 0 Å². The maximum absolute atomic E-state index is 14.4. The van der Waals surface area contributed by atoms with Gasteiger partial charge in [-0.2, -0.15) is 0 Å². The van der Waals surface area contributed by atoms with Crippen molar-refractivity contribution < 1.29 is 13.5 Å². The SMILES string of the molecule is CC(C)Oc1cc2ncc(-c3cccc(N[C@H]4CCC[C@@H]4F)n3)n2cc1F. The number of hydrogen-bond acceptors (Lipinski definition) is 4. The number of anilines is 1. The molecule has 1 saturated carbocycles. The number of imidazole rings is 1. The van der Waals surface area contributed by atoms with E-state index in [4.69, 9.17) is 4.74 Å². The molecular weight excluding hydrogens is 350 g/mol. The molecule has 3 aromatic rings. The molecule has 7 heteroatoms. The number of rotatable bonds is 5. The third kappa shape index (κ3) is 3.59. The van der Waals surface area contributed by atoms with Crippen molar-refractivity contribution in [2.75, 3.05) is 5.32 Å². The van der Waals surface area contributed by atoms with E-state index in [1.165, 1.54) is 6.20 Å². The van der Waals surface area contributed by atoms with E-state index in [0.29, 0.717) is 29.3 Å². The van der Waals surface area contributed by atoms with Crippen LogP contribution in [0.25, 0.3) is 17.0 Å². The zero-order chi connectivity index (χ0) is 19.0. The van der Waals surface area contributed by atoms with E-state index in [0.717, 1.165) is 12.8 Å². The number of fused-ring (bicyclic) bond motifs is 1. The zero-order valence-electron chi connectivity index (χ0n) is 15.3. The van der Waals surface area contributed by atoms with Gasteiger partial charge in [-0.25, -0.2) is 18.7 Å². The van der Waals surface area contributed by atoms with E-state index < -0.39 is 12.0 Å². The van der Waals surface area contributed by atoms with Crippen molar-refractivity contribution in [3.63, 3.8) is 0 Å². The first-order chi connectivity index (χ1) is 13.0. The predicted octanol–water partition coefficient (Wildman–Crippen LogP) is 4.63. The molecule has 0 amide bonds. The quantitative estimate of drug-likeness (QED) is 0.710. The van der Waals surface area contributed by atoms with Gasteiger partial charge in [-0.05, 0) is 45.2 Å². The van der Waals surface area contributed by atoms with Gasteiger partial charge in [0.05, 0.1) is 35.9 Å². The maximum atomic E-state index is 14.4. The largest absolute Gasteiger partial charge is 0.488 e. The number of ether oxygens (including phenoxy) is 1. The lowest BCUT2D eigenvalue weighted by atomic mass is 10.2. The Labute approximate surface area is 156 Å². The van der Waals surface area contributed by atoms with Crippen LogP contribution in [0.3, 0.4) is 0 Å². The van der Waals surface area contributed by atoms with Crippen LogP contribution in [-0.4, -0.2) is 32.7 Å². The molecular formula is C20H22F2N4O. The minimum Gasteiger partial charge on any atom is -0.488 e. The summed E-state index contributed by atoms with van der Waals surface area (Å²) in [5, 5.41) is 3.17. The minimum atomic E-state index is -0.847. The lowest BCUT2D eigenvalue weighted by molar-refractivity contribution is 0.231. The topological polar surface area (TPSA) is 51.5 Å². The van der Waals surface area contributed by atoms with Crippen LogP contribution in [0.15, 0.2) is 36.7 Å². The van der Waals surface area contributed by atoms with E-state index in [1.807, 2.05) is 32.0 Å². The number of alkyl halides is 1. The summed E-state index contributed by atoms with van der Waals surface area (Å²) in [5.74, 6) is 0.321. The minimum absolute atomic E-state index is 0.129. The maximum Gasteiger partial charge on any atom is 0.181 e. The molecule has 1 aliphatic carbocycles. The highest BCUT2D eigenvalue weighted by Crippen LogP contribution is 2.28. The fourth-order valence-electron chi connectivity index (χ4n) is 3.44. The standard InChI is InChI=1S/C20H22F2N4O/c1-12(2)27-18-9-20-23-10-17(26(20)11-14(18)22)16-7-4-8-19(25-16)24-15-6-3-5-13(15)21/h4,7-13,15H,3,5-6H2,1-2H3,(H,24,25)/t13-,15-/m0/s1. The first-order valence-corrected chi connectivity index (χ1v) is 9.22. The molecule has 1 fully saturated rings. The van der Waals surface area contributed by atoms with Gasteiger partial charge < -0.3 is 10.1 Å². The molecule has 3 heterocycles. The number of nitrogens with zero attached hydrogens (tertiary/aromatic N) is 3. The number of nitrogens with one attached hydrogen (secondary N) is 1. The second kappa shape index (κ2) is 7.13. The molecule has 0 bridgehead atoms. The molecule has 3 aromatic heterocycles. The summed E-state index contributed by atoms with van der Waals surface area (Å²) in [5.41, 5.74) is 1.87. The summed E-state index contributed by atoms with van der Waals surface area (Å²) in [6.07, 6.45) is 4.29. The molecule has 4 rings (SSSR count). The Balaban J connectivity index is 1.66. The molecule has 2 atom stereocenters. The highest BCUT2D eigenvalue weighted by atomic mass is 19.1. The van der Waals surface area contributed by atoms with Crippen LogP contribution >= 0.6 is 0 Å². The third-order valence-corrected chi connectivity index (χ3v) is 4.70. The van der Waals surface area contributed by atoms with Crippen LogP contribution in [0.5, 0.6) is 5.75 Å². The monoisotopic (exact) mass is 372 g/mol. The molecule has 0 radical (unpaired) electrons. The van der Waals surface area contributed by atoms with Crippen molar-refractivity contribution in [1.82, 2.24) is 14.4 Å². The Morgan fingerprint density at radius 1 is 1.30 bits per heavy atom. The van der Waals surface area contributed by atoms with Gasteiger partial charge in [0.2, 0.25) is 0 Å². The van der Waals surface area contributed by atoms with Crippen molar-refractivity contribution >= 4 is 11.5 Å². The summed E-state index contributed by atoms with van der Waals surface area (Å²) in [6.45, 7) is 3.69. The van der Waals surface area contributed by atoms with Gasteiger partial charge in [0.25, 0.3) is 0 Å². The van der Waals surface area contributed by atoms with Gasteiger partial charge in [0, 0.05) is 6.07 Å². The van der Waals surface area contributed by atoms with Crippen LogP contribution < -0.4 is 10.1 Å². The van der Waals surface area contributed by atoms with E-state index in [2.05, 4.69) is 15.3 Å². The fourth-order valence-corrected chi connectivity index (χ4v) is 3.44. The summed E-state index contributed by atoms with van der Waals surface area (Å²) < 4.78 is 35.4. The van der Waals surface area contributed by atoms with Gasteiger partial charge in [-0.15, -0.1) is 0 Å². The molecule has 1 aliphatic rings. The van der Waals surface area contributed by atoms with Crippen molar-refractivity contribution in [2.45, 2.75) is 51.4 Å². The first kappa shape index (κ1) is 17.7. The highest BCUT2D eigenvalue weighted by molar-refractivity contribution is 5.63. The van der Waals surface area contributed by atoms with Crippen LogP contribution in [0, 0.1) is 5.82 Å². The molecule has 0 aliphatic heterocycles. The molecule has 0 saturated heterocycles. The molecule has 27 heavy (non-hydrogen) atoms. The van der Waals surface area contributed by atoms with Crippen LogP contribution in [0.4, 0.5) is 14.6 Å². The lowest BCUT2D eigenvalue weighted by Crippen LogP contribution is -2.25. The van der Waals surface area contributed by atoms with Crippen molar-refractivity contribution in [3.8, 4) is 17.1 Å². The van der Waals surface area contributed by atoms with Gasteiger partial charge >= 0.3 is 0 Å². The smallest absolute Gasteiger partial charge is 0.181 e. The number of aromatic nitrogens is 3. The first-order valence-electron chi connectivity index (χ1n) is 9.22. The molecule has 5 nitrogen and oxygen atoms in total. The molecule has 0 unspecified atom stereocenters. The normalized spacial score (nSPS) is 19.7. The van der Waals surface area contributed by atoms with Gasteiger partial charge in [-0.1, -0.05) is 6.07 Å². The van der Waals surface area contributed by atoms with E-state index >= 15 is 0 Å². The Hall–Kier alpha value is -2.70. The summed E-state index contributed by atoms with van der Waals surface area (Å²) in [4.78, 5) is 8.92. The number of halogens is 2. The van der Waals surface area contributed by atoms with Crippen LogP contribution in [0.1, 0.15) is 33.1 Å². The van der Waals surface area contributed by atoms with Crippen molar-refractivity contribution in [3.05, 3.63) is 42.5 Å². The number of hydrogen-bond donors (Lipinski definition) is 1. The molecule has 1 N–H and O–H groups in total. The van der Waals surface area contributed by atoms with Gasteiger partial charge in [-0.3, -0.25) is 4.40 Å². The van der Waals surface area contributed by atoms with E-state index in [9.17, 15) is 8.78 Å². The Kier molecular flexibility index (Phi) is 4.68. The highest BCUT2D eigenvalue weighted by Gasteiger charge is 2.27. The van der Waals surface area contributed by atoms with Crippen molar-refractivity contribution in [1.29, 1.82) is 0 Å². The Morgan fingerprint density at radius 2 is 2.15 bits per heavy atom. The van der Waals surface area contributed by atoms with Gasteiger partial charge in [0.1, 0.15) is 17.6 Å². The van der Waals surface area contributed by atoms with Crippen LogP contribution in [-0.2, 0) is 0 Å². The zero-order valence-corrected chi connectivity index (χ0v) is 15.3. The molecule has 0 spiro atoms. The Bertz CT molecular complexity index is 956. The number of pyridine rings is 2. The van der Waals surface area contributed by atoms with Gasteiger partial charge in [0.15, 0.2) is 11.6 Å². The average molecular weight is 372 g/mol. The van der Waals surface area contributed by atoms with Crippen molar-refractivity contribution in [2.24, 2.45) is 0 Å². The second-order valence-electron chi connectivity index (χ2n) is 7.13. The van der Waals surface area contributed by atoms with E-state index in [-0.39, 0.29) is 17.9 Å². The summed E-state index contributed by atoms with van der Waals surface area (Å²) in [6, 6.07) is 6.86. The van der Waals surface area contributed by atoms with E-state index in [1.54, 1.807) is 16.7 Å². The predicted molar refractivity (Wildman–Crippen MR) is 100 cm³/mol. The summed E-state index contributed by atoms with van der Waals surface area (Å²) >= 11 is 0. The second-order valence-corrected chi connectivity index (χ2v) is 7.13. The third-order valence-electron chi connectivity index (χ3n) is 4.70. The molecule has 142 valence electrons. The fraction of sp³-hybridized carbons (Fsp3) is 0.400. The Morgan fingerprint density at radius 3 is 2.89 bits per heavy atom. The lowest BCUT2D eigenvalue weighted by Gasteiger charge is -2.16. The summed E-state index contributed by atoms with van der Waals surface area (Å²) in [7, 11) is 0. The molecule has 0 aromatic carbocycles. The average Bonchev–Trinajstić information content (AvgIpc) is 3.21.